The summed E-state index contributed by atoms with van der Waals surface area (Å²) in [5.74, 6) is 0.404. The zero-order chi connectivity index (χ0) is 14.7. The van der Waals surface area contributed by atoms with Gasteiger partial charge in [-0.05, 0) is 18.2 Å². The van der Waals surface area contributed by atoms with Crippen LogP contribution in [-0.2, 0) is 13.6 Å². The van der Waals surface area contributed by atoms with Crippen molar-refractivity contribution < 1.29 is 4.39 Å². The predicted octanol–water partition coefficient (Wildman–Crippen LogP) is 2.11. The molecule has 1 heterocycles. The van der Waals surface area contributed by atoms with E-state index in [1.807, 2.05) is 36.7 Å². The summed E-state index contributed by atoms with van der Waals surface area (Å²) in [6.07, 6.45) is 1.75. The molecule has 0 aliphatic rings. The molecule has 0 saturated carbocycles. The van der Waals surface area contributed by atoms with Crippen molar-refractivity contribution in [3.05, 3.63) is 41.5 Å². The van der Waals surface area contributed by atoms with Crippen molar-refractivity contribution in [3.63, 3.8) is 0 Å². The van der Waals surface area contributed by atoms with Gasteiger partial charge in [0.25, 0.3) is 0 Å². The minimum absolute atomic E-state index is 0.309. The molecule has 0 fully saturated rings. The Morgan fingerprint density at radius 2 is 2.20 bits per heavy atom. The lowest BCUT2D eigenvalue weighted by Crippen LogP contribution is -2.15. The Bertz CT molecular complexity index is 654. The minimum atomic E-state index is -0.431. The van der Waals surface area contributed by atoms with Gasteiger partial charge in [0.1, 0.15) is 5.82 Å². The molecule has 1 N–H and O–H groups in total. The summed E-state index contributed by atoms with van der Waals surface area (Å²) in [4.78, 5) is 6.20. The van der Waals surface area contributed by atoms with E-state index in [2.05, 4.69) is 10.3 Å². The predicted molar refractivity (Wildman–Crippen MR) is 76.0 cm³/mol. The lowest BCUT2D eigenvalue weighted by atomic mass is 10.2. The fraction of sp³-hybridized carbons (Fsp3) is 0.286. The molecule has 1 aromatic heterocycles. The second-order valence-corrected chi connectivity index (χ2v) is 4.66. The second-order valence-electron chi connectivity index (χ2n) is 4.66. The molecule has 0 aliphatic carbocycles. The van der Waals surface area contributed by atoms with E-state index in [-0.39, 0.29) is 0 Å². The molecule has 0 saturated heterocycles. The summed E-state index contributed by atoms with van der Waals surface area (Å²) in [5.41, 5.74) is 1.62. The number of nitriles is 1. The molecule has 0 aliphatic heterocycles. The molecule has 5 nitrogen and oxygen atoms in total. The van der Waals surface area contributed by atoms with E-state index >= 15 is 0 Å². The Labute approximate surface area is 117 Å². The summed E-state index contributed by atoms with van der Waals surface area (Å²) < 4.78 is 15.7. The first-order chi connectivity index (χ1) is 9.52. The summed E-state index contributed by atoms with van der Waals surface area (Å²) >= 11 is 0. The maximum Gasteiger partial charge on any atom is 0.204 e. The molecule has 6 heteroatoms. The summed E-state index contributed by atoms with van der Waals surface area (Å²) in [7, 11) is 5.74. The molecular formula is C14H16FN5. The molecule has 20 heavy (non-hydrogen) atoms. The number of hydrogen-bond donors (Lipinski definition) is 1. The molecule has 0 radical (unpaired) electrons. The number of nitrogens with zero attached hydrogens (tertiary/aromatic N) is 4. The van der Waals surface area contributed by atoms with Crippen molar-refractivity contribution in [2.24, 2.45) is 7.05 Å². The average Bonchev–Trinajstić information content (AvgIpc) is 2.78. The molecule has 1 aromatic carbocycles. The van der Waals surface area contributed by atoms with Gasteiger partial charge in [-0.2, -0.15) is 5.26 Å². The Kier molecular flexibility index (Phi) is 3.89. The van der Waals surface area contributed by atoms with Crippen LogP contribution in [0.5, 0.6) is 0 Å². The molecule has 2 rings (SSSR count). The number of imidazole rings is 1. The maximum atomic E-state index is 13.7. The topological polar surface area (TPSA) is 56.9 Å². The van der Waals surface area contributed by atoms with Crippen LogP contribution in [0.4, 0.5) is 16.0 Å². The van der Waals surface area contributed by atoms with Gasteiger partial charge in [0, 0.05) is 21.1 Å². The van der Waals surface area contributed by atoms with E-state index in [1.54, 1.807) is 18.3 Å². The van der Waals surface area contributed by atoms with Crippen LogP contribution < -0.4 is 10.2 Å². The van der Waals surface area contributed by atoms with E-state index < -0.39 is 5.82 Å². The number of nitrogens with one attached hydrogen (secondary N) is 1. The Balaban J connectivity index is 2.11. The highest BCUT2D eigenvalue weighted by Crippen LogP contribution is 2.17. The van der Waals surface area contributed by atoms with Gasteiger partial charge in [0.15, 0.2) is 0 Å². The molecule has 0 atom stereocenters. The summed E-state index contributed by atoms with van der Waals surface area (Å²) in [6, 6.07) is 6.28. The van der Waals surface area contributed by atoms with Gasteiger partial charge in [-0.15, -0.1) is 0 Å². The Hall–Kier alpha value is -2.55. The lowest BCUT2D eigenvalue weighted by molar-refractivity contribution is 0.629. The highest BCUT2D eigenvalue weighted by molar-refractivity contribution is 5.49. The molecular weight excluding hydrogens is 257 g/mol. The highest BCUT2D eigenvalue weighted by atomic mass is 19.1. The van der Waals surface area contributed by atoms with Crippen LogP contribution in [0.1, 0.15) is 11.3 Å². The molecule has 2 aromatic rings. The van der Waals surface area contributed by atoms with Crippen molar-refractivity contribution >= 4 is 11.6 Å². The van der Waals surface area contributed by atoms with Gasteiger partial charge in [0.2, 0.25) is 5.95 Å². The average molecular weight is 273 g/mol. The number of halogens is 1. The molecule has 0 spiro atoms. The van der Waals surface area contributed by atoms with Gasteiger partial charge >= 0.3 is 0 Å². The zero-order valence-corrected chi connectivity index (χ0v) is 11.7. The quantitative estimate of drug-likeness (QED) is 0.927. The smallest absolute Gasteiger partial charge is 0.204 e. The van der Waals surface area contributed by atoms with E-state index in [0.29, 0.717) is 17.8 Å². The number of benzene rings is 1. The van der Waals surface area contributed by atoms with Gasteiger partial charge in [0.05, 0.1) is 35.8 Å². The van der Waals surface area contributed by atoms with Crippen molar-refractivity contribution in [1.29, 1.82) is 5.26 Å². The van der Waals surface area contributed by atoms with Crippen molar-refractivity contribution in [2.75, 3.05) is 24.3 Å². The monoisotopic (exact) mass is 273 g/mol. The lowest BCUT2D eigenvalue weighted by Gasteiger charge is -2.13. The number of anilines is 2. The molecule has 0 unspecified atom stereocenters. The van der Waals surface area contributed by atoms with Gasteiger partial charge < -0.3 is 14.8 Å². The molecule has 0 amide bonds. The summed E-state index contributed by atoms with van der Waals surface area (Å²) in [5, 5.41) is 11.7. The zero-order valence-electron chi connectivity index (χ0n) is 11.7. The largest absolute Gasteiger partial charge is 0.377 e. The van der Waals surface area contributed by atoms with Crippen molar-refractivity contribution in [1.82, 2.24) is 9.55 Å². The highest BCUT2D eigenvalue weighted by Gasteiger charge is 2.09. The normalized spacial score (nSPS) is 10.2. The second kappa shape index (κ2) is 5.61. The van der Waals surface area contributed by atoms with Crippen LogP contribution in [-0.4, -0.2) is 23.6 Å². The first-order valence-corrected chi connectivity index (χ1v) is 6.14. The molecule has 104 valence electrons. The first-order valence-electron chi connectivity index (χ1n) is 6.14. The van der Waals surface area contributed by atoms with Crippen LogP contribution in [0.25, 0.3) is 0 Å². The maximum absolute atomic E-state index is 13.7. The first kappa shape index (κ1) is 13.9. The van der Waals surface area contributed by atoms with Gasteiger partial charge in [-0.1, -0.05) is 0 Å². The standard InChI is InChI=1S/C14H16FN5/c1-19(2)14-18-9-11(20(14)3)8-17-13-5-4-10(7-16)6-12(13)15/h4-6,9,17H,8H2,1-3H3. The number of hydrogen-bond acceptors (Lipinski definition) is 4. The van der Waals surface area contributed by atoms with Crippen molar-refractivity contribution in [3.8, 4) is 6.07 Å². The SMILES string of the molecule is CN(C)c1ncc(CNc2ccc(C#N)cc2F)n1C. The van der Waals surface area contributed by atoms with Crippen LogP contribution >= 0.6 is 0 Å². The third-order valence-electron chi connectivity index (χ3n) is 3.02. The van der Waals surface area contributed by atoms with E-state index in [1.165, 1.54) is 6.07 Å². The van der Waals surface area contributed by atoms with Crippen LogP contribution in [0, 0.1) is 17.1 Å². The van der Waals surface area contributed by atoms with Crippen LogP contribution in [0.3, 0.4) is 0 Å². The Morgan fingerprint density at radius 3 is 2.75 bits per heavy atom. The van der Waals surface area contributed by atoms with E-state index in [0.717, 1.165) is 11.6 Å². The van der Waals surface area contributed by atoms with Gasteiger partial charge in [-0.3, -0.25) is 0 Å². The van der Waals surface area contributed by atoms with Crippen molar-refractivity contribution in [2.45, 2.75) is 6.54 Å². The van der Waals surface area contributed by atoms with Gasteiger partial charge in [-0.25, -0.2) is 9.37 Å². The fourth-order valence-electron chi connectivity index (χ4n) is 1.93. The summed E-state index contributed by atoms with van der Waals surface area (Å²) in [6.45, 7) is 0.458. The Morgan fingerprint density at radius 1 is 1.45 bits per heavy atom. The third kappa shape index (κ3) is 2.72. The fourth-order valence-corrected chi connectivity index (χ4v) is 1.93. The number of aromatic nitrogens is 2. The van der Waals surface area contributed by atoms with E-state index in [9.17, 15) is 4.39 Å². The third-order valence-corrected chi connectivity index (χ3v) is 3.02. The van der Waals surface area contributed by atoms with E-state index in [4.69, 9.17) is 5.26 Å². The minimum Gasteiger partial charge on any atom is -0.377 e. The van der Waals surface area contributed by atoms with Crippen LogP contribution in [0.2, 0.25) is 0 Å². The number of rotatable bonds is 4. The van der Waals surface area contributed by atoms with Crippen LogP contribution in [0.15, 0.2) is 24.4 Å². The molecule has 0 bridgehead atoms.